The lowest BCUT2D eigenvalue weighted by Gasteiger charge is -2.09. The number of hydrogen-bond acceptors (Lipinski definition) is 6. The number of benzene rings is 1. The zero-order valence-corrected chi connectivity index (χ0v) is 16.4. The smallest absolute Gasteiger partial charge is 0.234 e. The van der Waals surface area contributed by atoms with Crippen LogP contribution in [0.4, 0.5) is 5.69 Å². The number of aromatic nitrogens is 4. The van der Waals surface area contributed by atoms with Crippen LogP contribution in [0.3, 0.4) is 0 Å². The van der Waals surface area contributed by atoms with Crippen LogP contribution < -0.4 is 10.1 Å². The third kappa shape index (κ3) is 4.58. The van der Waals surface area contributed by atoms with E-state index in [1.807, 2.05) is 23.6 Å². The van der Waals surface area contributed by atoms with Crippen LogP contribution in [0.15, 0.2) is 47.9 Å². The van der Waals surface area contributed by atoms with E-state index in [0.717, 1.165) is 11.4 Å². The van der Waals surface area contributed by atoms with Crippen LogP contribution in [-0.2, 0) is 11.3 Å². The Hall–Kier alpha value is -2.58. The van der Waals surface area contributed by atoms with E-state index in [2.05, 4.69) is 20.5 Å². The molecular weight excluding hydrogens is 386 g/mol. The topological polar surface area (TPSA) is 81.9 Å². The summed E-state index contributed by atoms with van der Waals surface area (Å²) in [5.74, 6) is 1.34. The van der Waals surface area contributed by atoms with Gasteiger partial charge in [0.2, 0.25) is 5.91 Å². The molecule has 27 heavy (non-hydrogen) atoms. The zero-order valence-electron chi connectivity index (χ0n) is 14.8. The van der Waals surface area contributed by atoms with Gasteiger partial charge in [-0.2, -0.15) is 0 Å². The number of thioether (sulfide) groups is 1. The minimum atomic E-state index is -0.158. The van der Waals surface area contributed by atoms with Gasteiger partial charge in [-0.1, -0.05) is 23.4 Å². The van der Waals surface area contributed by atoms with Crippen molar-refractivity contribution < 1.29 is 9.53 Å². The van der Waals surface area contributed by atoms with Gasteiger partial charge < -0.3 is 14.6 Å². The van der Waals surface area contributed by atoms with Crippen molar-refractivity contribution in [3.05, 3.63) is 47.7 Å². The Labute approximate surface area is 166 Å². The number of ether oxygens (including phenoxy) is 1. The SMILES string of the molecule is CCn1c(SCC(=O)Nc2ccc(OC)c(Cl)c2)nnc1-c1cccnc1. The van der Waals surface area contributed by atoms with Crippen molar-refractivity contribution in [1.82, 2.24) is 19.7 Å². The minimum Gasteiger partial charge on any atom is -0.495 e. The first-order chi connectivity index (χ1) is 13.1. The number of nitrogens with one attached hydrogen (secondary N) is 1. The number of halogens is 1. The molecule has 1 amide bonds. The van der Waals surface area contributed by atoms with Crippen LogP contribution in [0, 0.1) is 0 Å². The summed E-state index contributed by atoms with van der Waals surface area (Å²) in [6.45, 7) is 2.70. The summed E-state index contributed by atoms with van der Waals surface area (Å²) in [6, 6.07) is 8.88. The van der Waals surface area contributed by atoms with Gasteiger partial charge in [-0.05, 0) is 37.3 Å². The molecule has 0 spiro atoms. The third-order valence-corrected chi connectivity index (χ3v) is 4.98. The predicted octanol–water partition coefficient (Wildman–Crippen LogP) is 3.75. The molecule has 7 nitrogen and oxygen atoms in total. The molecule has 0 unspecified atom stereocenters. The molecule has 2 heterocycles. The highest BCUT2D eigenvalue weighted by atomic mass is 35.5. The summed E-state index contributed by atoms with van der Waals surface area (Å²) in [5, 5.41) is 12.4. The van der Waals surface area contributed by atoms with Crippen molar-refractivity contribution in [3.8, 4) is 17.1 Å². The second kappa shape index (κ2) is 8.88. The highest BCUT2D eigenvalue weighted by Gasteiger charge is 2.15. The molecule has 3 aromatic rings. The fourth-order valence-electron chi connectivity index (χ4n) is 2.46. The van der Waals surface area contributed by atoms with E-state index in [-0.39, 0.29) is 11.7 Å². The molecule has 0 saturated carbocycles. The van der Waals surface area contributed by atoms with Crippen molar-refractivity contribution in [2.45, 2.75) is 18.6 Å². The standard InChI is InChI=1S/C18H18ClN5O2S/c1-3-24-17(12-5-4-8-20-10-12)22-23-18(24)27-11-16(25)21-13-6-7-15(26-2)14(19)9-13/h4-10H,3,11H2,1-2H3,(H,21,25). The Kier molecular flexibility index (Phi) is 6.31. The maximum absolute atomic E-state index is 12.3. The van der Waals surface area contributed by atoms with Gasteiger partial charge in [-0.15, -0.1) is 10.2 Å². The first-order valence-corrected chi connectivity index (χ1v) is 9.58. The van der Waals surface area contributed by atoms with Crippen molar-refractivity contribution >= 4 is 35.0 Å². The largest absolute Gasteiger partial charge is 0.495 e. The van der Waals surface area contributed by atoms with Crippen LogP contribution in [0.1, 0.15) is 6.92 Å². The molecule has 1 N–H and O–H groups in total. The number of rotatable bonds is 7. The highest BCUT2D eigenvalue weighted by Crippen LogP contribution is 2.28. The molecule has 0 aliphatic heterocycles. The number of anilines is 1. The monoisotopic (exact) mass is 403 g/mol. The molecule has 0 bridgehead atoms. The van der Waals surface area contributed by atoms with Gasteiger partial charge in [0.05, 0.1) is 17.9 Å². The minimum absolute atomic E-state index is 0.158. The van der Waals surface area contributed by atoms with Gasteiger partial charge in [0.25, 0.3) is 0 Å². The third-order valence-electron chi connectivity index (χ3n) is 3.72. The van der Waals surface area contributed by atoms with Gasteiger partial charge in [0, 0.05) is 30.2 Å². The zero-order chi connectivity index (χ0) is 19.2. The summed E-state index contributed by atoms with van der Waals surface area (Å²) in [6.07, 6.45) is 3.45. The van der Waals surface area contributed by atoms with Gasteiger partial charge >= 0.3 is 0 Å². The fourth-order valence-corrected chi connectivity index (χ4v) is 3.52. The van der Waals surface area contributed by atoms with E-state index < -0.39 is 0 Å². The molecule has 0 radical (unpaired) electrons. The Morgan fingerprint density at radius 2 is 2.19 bits per heavy atom. The van der Waals surface area contributed by atoms with E-state index in [9.17, 15) is 4.79 Å². The van der Waals surface area contributed by atoms with E-state index in [1.165, 1.54) is 11.8 Å². The summed E-state index contributed by atoms with van der Waals surface area (Å²) >= 11 is 7.40. The molecule has 0 atom stereocenters. The van der Waals surface area contributed by atoms with Crippen molar-refractivity contribution in [2.75, 3.05) is 18.2 Å². The van der Waals surface area contributed by atoms with Crippen LogP contribution in [0.25, 0.3) is 11.4 Å². The summed E-state index contributed by atoms with van der Waals surface area (Å²) in [4.78, 5) is 16.4. The molecule has 0 fully saturated rings. The molecule has 0 aliphatic rings. The Balaban J connectivity index is 1.65. The van der Waals surface area contributed by atoms with Gasteiger partial charge in [0.1, 0.15) is 5.75 Å². The predicted molar refractivity (Wildman–Crippen MR) is 106 cm³/mol. The first-order valence-electron chi connectivity index (χ1n) is 8.22. The lowest BCUT2D eigenvalue weighted by molar-refractivity contribution is -0.113. The summed E-state index contributed by atoms with van der Waals surface area (Å²) < 4.78 is 7.06. The van der Waals surface area contributed by atoms with Gasteiger partial charge in [0.15, 0.2) is 11.0 Å². The fraction of sp³-hybridized carbons (Fsp3) is 0.222. The van der Waals surface area contributed by atoms with Gasteiger partial charge in [-0.3, -0.25) is 9.78 Å². The van der Waals surface area contributed by atoms with Crippen LogP contribution in [-0.4, -0.2) is 38.5 Å². The van der Waals surface area contributed by atoms with Crippen molar-refractivity contribution in [1.29, 1.82) is 0 Å². The second-order valence-electron chi connectivity index (χ2n) is 5.48. The Morgan fingerprint density at radius 3 is 2.85 bits per heavy atom. The molecule has 3 rings (SSSR count). The van der Waals surface area contributed by atoms with Crippen LogP contribution in [0.2, 0.25) is 5.02 Å². The molecule has 0 saturated heterocycles. The summed E-state index contributed by atoms with van der Waals surface area (Å²) in [5.41, 5.74) is 1.50. The van der Waals surface area contributed by atoms with Crippen molar-refractivity contribution in [2.24, 2.45) is 0 Å². The van der Waals surface area contributed by atoms with E-state index in [1.54, 1.807) is 37.7 Å². The van der Waals surface area contributed by atoms with E-state index in [0.29, 0.717) is 28.2 Å². The second-order valence-corrected chi connectivity index (χ2v) is 6.83. The number of methoxy groups -OCH3 is 1. The number of hydrogen-bond donors (Lipinski definition) is 1. The molecule has 0 aliphatic carbocycles. The molecular formula is C18H18ClN5O2S. The number of pyridine rings is 1. The molecule has 1 aromatic carbocycles. The average Bonchev–Trinajstić information content (AvgIpc) is 3.10. The van der Waals surface area contributed by atoms with Crippen LogP contribution in [0.5, 0.6) is 5.75 Å². The Morgan fingerprint density at radius 1 is 1.33 bits per heavy atom. The van der Waals surface area contributed by atoms with E-state index >= 15 is 0 Å². The maximum Gasteiger partial charge on any atom is 0.234 e. The molecule has 2 aromatic heterocycles. The quantitative estimate of drug-likeness (QED) is 0.605. The highest BCUT2D eigenvalue weighted by molar-refractivity contribution is 7.99. The van der Waals surface area contributed by atoms with Crippen molar-refractivity contribution in [3.63, 3.8) is 0 Å². The number of carbonyl (C=O) groups is 1. The Bertz CT molecular complexity index is 933. The molecule has 140 valence electrons. The average molecular weight is 404 g/mol. The first kappa shape index (κ1) is 19.2. The lowest BCUT2D eigenvalue weighted by Crippen LogP contribution is -2.14. The number of carbonyl (C=O) groups excluding carboxylic acids is 1. The normalized spacial score (nSPS) is 10.6. The number of nitrogens with zero attached hydrogens (tertiary/aromatic N) is 4. The van der Waals surface area contributed by atoms with Crippen LogP contribution >= 0.6 is 23.4 Å². The van der Waals surface area contributed by atoms with Gasteiger partial charge in [-0.25, -0.2) is 0 Å². The number of amides is 1. The van der Waals surface area contributed by atoms with E-state index in [4.69, 9.17) is 16.3 Å². The maximum atomic E-state index is 12.3. The molecule has 9 heteroatoms. The summed E-state index contributed by atoms with van der Waals surface area (Å²) in [7, 11) is 1.54. The lowest BCUT2D eigenvalue weighted by atomic mass is 10.3.